The van der Waals surface area contributed by atoms with Gasteiger partial charge in [0.1, 0.15) is 5.82 Å². The summed E-state index contributed by atoms with van der Waals surface area (Å²) in [5.41, 5.74) is 3.05. The summed E-state index contributed by atoms with van der Waals surface area (Å²) in [6.45, 7) is 3.52. The van der Waals surface area contributed by atoms with Gasteiger partial charge in [-0.3, -0.25) is 14.3 Å². The zero-order valence-electron chi connectivity index (χ0n) is 18.6. The molecule has 3 heterocycles. The van der Waals surface area contributed by atoms with Crippen LogP contribution < -0.4 is 4.90 Å². The second kappa shape index (κ2) is 10.1. The highest BCUT2D eigenvalue weighted by Gasteiger charge is 2.24. The van der Waals surface area contributed by atoms with Gasteiger partial charge >= 0.3 is 0 Å². The van der Waals surface area contributed by atoms with Gasteiger partial charge in [-0.1, -0.05) is 36.4 Å². The predicted octanol–water partition coefficient (Wildman–Crippen LogP) is 4.46. The van der Waals surface area contributed by atoms with Gasteiger partial charge in [0.05, 0.1) is 12.3 Å². The first-order valence-electron chi connectivity index (χ1n) is 11.6. The minimum atomic E-state index is -0.280. The Balaban J connectivity index is 1.36. The average Bonchev–Trinajstić information content (AvgIpc) is 3.25. The lowest BCUT2D eigenvalue weighted by atomic mass is 10.0. The lowest BCUT2D eigenvalue weighted by Gasteiger charge is -2.29. The number of nitrogens with zero attached hydrogens (tertiary/aromatic N) is 5. The number of para-hydroxylation sites is 1. The van der Waals surface area contributed by atoms with Crippen molar-refractivity contribution < 1.29 is 9.18 Å². The largest absolute Gasteiger partial charge is 0.311 e. The zero-order chi connectivity index (χ0) is 22.6. The second-order valence-corrected chi connectivity index (χ2v) is 9.56. The Bertz CT molecular complexity index is 1110. The van der Waals surface area contributed by atoms with Crippen LogP contribution in [0.5, 0.6) is 0 Å². The number of anilines is 1. The van der Waals surface area contributed by atoms with Crippen LogP contribution in [0.3, 0.4) is 0 Å². The fraction of sp³-hybridized carbons (Fsp3) is 0.400. The van der Waals surface area contributed by atoms with Gasteiger partial charge in [0.2, 0.25) is 5.91 Å². The Hall–Kier alpha value is -2.71. The monoisotopic (exact) mass is 465 g/mol. The number of fused-ring (bicyclic) bond motifs is 1. The first-order chi connectivity index (χ1) is 16.2. The number of hydrogen-bond acceptors (Lipinski definition) is 5. The molecule has 0 radical (unpaired) electrons. The maximum atomic E-state index is 13.6. The van der Waals surface area contributed by atoms with Crippen molar-refractivity contribution in [2.75, 3.05) is 30.3 Å². The van der Waals surface area contributed by atoms with Gasteiger partial charge in [0, 0.05) is 17.9 Å². The number of hydrogen-bond donors (Lipinski definition) is 0. The molecule has 0 spiro atoms. The van der Waals surface area contributed by atoms with E-state index in [9.17, 15) is 9.18 Å². The van der Waals surface area contributed by atoms with Gasteiger partial charge in [0.15, 0.2) is 11.0 Å². The van der Waals surface area contributed by atoms with Crippen molar-refractivity contribution in [2.24, 2.45) is 0 Å². The van der Waals surface area contributed by atoms with E-state index in [4.69, 9.17) is 0 Å². The number of amides is 1. The zero-order valence-corrected chi connectivity index (χ0v) is 19.4. The summed E-state index contributed by atoms with van der Waals surface area (Å²) in [4.78, 5) is 17.4. The highest BCUT2D eigenvalue weighted by molar-refractivity contribution is 7.99. The molecule has 0 unspecified atom stereocenters. The maximum absolute atomic E-state index is 13.6. The lowest BCUT2D eigenvalue weighted by Crippen LogP contribution is -2.36. The number of rotatable bonds is 6. The number of carbonyl (C=O) groups is 1. The average molecular weight is 466 g/mol. The van der Waals surface area contributed by atoms with Crippen LogP contribution in [0.1, 0.15) is 37.1 Å². The van der Waals surface area contributed by atoms with Gasteiger partial charge in [-0.25, -0.2) is 4.39 Å². The van der Waals surface area contributed by atoms with Gasteiger partial charge in [-0.05, 0) is 74.7 Å². The van der Waals surface area contributed by atoms with Crippen molar-refractivity contribution >= 4 is 23.4 Å². The molecule has 1 amide bonds. The van der Waals surface area contributed by atoms with E-state index in [1.807, 2.05) is 27.7 Å². The Labute approximate surface area is 197 Å². The van der Waals surface area contributed by atoms with Crippen molar-refractivity contribution in [3.05, 3.63) is 65.7 Å². The van der Waals surface area contributed by atoms with Crippen LogP contribution >= 0.6 is 11.8 Å². The molecule has 5 rings (SSSR count). The summed E-state index contributed by atoms with van der Waals surface area (Å²) in [7, 11) is 0. The van der Waals surface area contributed by atoms with Crippen LogP contribution in [0.4, 0.5) is 10.1 Å². The molecule has 0 bridgehead atoms. The van der Waals surface area contributed by atoms with E-state index in [-0.39, 0.29) is 17.5 Å². The molecule has 2 aromatic carbocycles. The van der Waals surface area contributed by atoms with Crippen molar-refractivity contribution in [1.82, 2.24) is 19.7 Å². The Morgan fingerprint density at radius 1 is 0.939 bits per heavy atom. The molecule has 2 aliphatic heterocycles. The van der Waals surface area contributed by atoms with Gasteiger partial charge in [-0.2, -0.15) is 0 Å². The first-order valence-corrected chi connectivity index (χ1v) is 12.6. The summed E-state index contributed by atoms with van der Waals surface area (Å²) in [6, 6.07) is 14.5. The highest BCUT2D eigenvalue weighted by Crippen LogP contribution is 2.29. The standard InChI is InChI=1S/C25H28FN5OS/c26-20-10-12-21(13-11-20)31-23(17-29-14-4-1-5-15-29)27-28-25(31)33-18-24(32)30-16-6-8-19-7-2-3-9-22(19)30/h2-3,7,9-13H,1,4-6,8,14-18H2. The summed E-state index contributed by atoms with van der Waals surface area (Å²) < 4.78 is 15.5. The van der Waals surface area contributed by atoms with E-state index in [1.54, 1.807) is 12.1 Å². The third-order valence-corrected chi connectivity index (χ3v) is 7.25. The minimum Gasteiger partial charge on any atom is -0.311 e. The van der Waals surface area contributed by atoms with E-state index < -0.39 is 0 Å². The van der Waals surface area contributed by atoms with Crippen molar-refractivity contribution in [1.29, 1.82) is 0 Å². The summed E-state index contributed by atoms with van der Waals surface area (Å²) in [6.07, 6.45) is 5.63. The second-order valence-electron chi connectivity index (χ2n) is 8.61. The quantitative estimate of drug-likeness (QED) is 0.503. The molecule has 1 fully saturated rings. The van der Waals surface area contributed by atoms with Crippen LogP contribution in [-0.2, 0) is 17.8 Å². The number of aromatic nitrogens is 3. The van der Waals surface area contributed by atoms with Crippen LogP contribution in [0.25, 0.3) is 5.69 Å². The van der Waals surface area contributed by atoms with Crippen molar-refractivity contribution in [3.8, 4) is 5.69 Å². The SMILES string of the molecule is O=C(CSc1nnc(CN2CCCCC2)n1-c1ccc(F)cc1)N1CCCc2ccccc21. The van der Waals surface area contributed by atoms with Crippen molar-refractivity contribution in [2.45, 2.75) is 43.8 Å². The minimum absolute atomic E-state index is 0.0680. The third kappa shape index (κ3) is 4.96. The van der Waals surface area contributed by atoms with Gasteiger partial charge in [-0.15, -0.1) is 10.2 Å². The van der Waals surface area contributed by atoms with Gasteiger partial charge < -0.3 is 4.90 Å². The predicted molar refractivity (Wildman–Crippen MR) is 128 cm³/mol. The van der Waals surface area contributed by atoms with E-state index in [1.165, 1.54) is 48.7 Å². The molecule has 0 atom stereocenters. The number of piperidine rings is 1. The Morgan fingerprint density at radius 2 is 1.73 bits per heavy atom. The van der Waals surface area contributed by atoms with Crippen LogP contribution in [0, 0.1) is 5.82 Å². The summed E-state index contributed by atoms with van der Waals surface area (Å²) in [5, 5.41) is 9.55. The molecule has 33 heavy (non-hydrogen) atoms. The maximum Gasteiger partial charge on any atom is 0.237 e. The summed E-state index contributed by atoms with van der Waals surface area (Å²) in [5.74, 6) is 0.884. The number of thioether (sulfide) groups is 1. The van der Waals surface area contributed by atoms with Crippen LogP contribution in [0.15, 0.2) is 53.7 Å². The van der Waals surface area contributed by atoms with E-state index in [2.05, 4.69) is 21.2 Å². The van der Waals surface area contributed by atoms with Crippen molar-refractivity contribution in [3.63, 3.8) is 0 Å². The molecule has 8 heteroatoms. The Kier molecular flexibility index (Phi) is 6.73. The molecule has 0 N–H and O–H groups in total. The van der Waals surface area contributed by atoms with Crippen LogP contribution in [0.2, 0.25) is 0 Å². The number of benzene rings is 2. The molecule has 172 valence electrons. The third-order valence-electron chi connectivity index (χ3n) is 6.33. The lowest BCUT2D eigenvalue weighted by molar-refractivity contribution is -0.116. The molecule has 6 nitrogen and oxygen atoms in total. The van der Waals surface area contributed by atoms with E-state index in [0.717, 1.165) is 49.7 Å². The molecular weight excluding hydrogens is 437 g/mol. The molecule has 3 aromatic rings. The molecular formula is C25H28FN5OS. The van der Waals surface area contributed by atoms with E-state index >= 15 is 0 Å². The molecule has 1 saturated heterocycles. The topological polar surface area (TPSA) is 54.3 Å². The fourth-order valence-electron chi connectivity index (χ4n) is 4.66. The number of halogens is 1. The molecule has 2 aliphatic rings. The first kappa shape index (κ1) is 22.1. The number of likely N-dealkylation sites (tertiary alicyclic amines) is 1. The molecule has 0 saturated carbocycles. The molecule has 0 aliphatic carbocycles. The van der Waals surface area contributed by atoms with Crippen LogP contribution in [-0.4, -0.2) is 51.0 Å². The number of carbonyl (C=O) groups excluding carboxylic acids is 1. The van der Waals surface area contributed by atoms with E-state index in [0.29, 0.717) is 11.7 Å². The Morgan fingerprint density at radius 3 is 2.55 bits per heavy atom. The van der Waals surface area contributed by atoms with Gasteiger partial charge in [0.25, 0.3) is 0 Å². The number of aryl methyl sites for hydroxylation is 1. The molecule has 1 aromatic heterocycles. The fourth-order valence-corrected chi connectivity index (χ4v) is 5.51. The summed E-state index contributed by atoms with van der Waals surface area (Å²) >= 11 is 1.39. The normalized spacial score (nSPS) is 16.6. The smallest absolute Gasteiger partial charge is 0.237 e. The highest BCUT2D eigenvalue weighted by atomic mass is 32.2.